The fraction of sp³-hybridized carbons (Fsp3) is 0.214. The lowest BCUT2D eigenvalue weighted by Crippen LogP contribution is -2.52. The van der Waals surface area contributed by atoms with Gasteiger partial charge in [-0.15, -0.1) is 0 Å². The number of hydrogen-bond acceptors (Lipinski definition) is 5. The van der Waals surface area contributed by atoms with Crippen LogP contribution in [0.1, 0.15) is 40.5 Å². The first-order valence-corrected chi connectivity index (χ1v) is 11.2. The number of carboxylic acids is 1. The van der Waals surface area contributed by atoms with Gasteiger partial charge in [-0.1, -0.05) is 48.6 Å². The number of hydrogen-bond donors (Lipinski definition) is 3. The number of aromatic hydroxyl groups is 2. The third kappa shape index (κ3) is 3.81. The highest BCUT2D eigenvalue weighted by molar-refractivity contribution is 5.86. The van der Waals surface area contributed by atoms with E-state index in [4.69, 9.17) is 4.74 Å². The van der Waals surface area contributed by atoms with Crippen LogP contribution in [0.2, 0.25) is 0 Å². The summed E-state index contributed by atoms with van der Waals surface area (Å²) in [5.74, 6) is -3.79. The second kappa shape index (κ2) is 8.71. The summed E-state index contributed by atoms with van der Waals surface area (Å²) in [5, 5.41) is 29.5. The molecule has 1 saturated carbocycles. The minimum absolute atomic E-state index is 0.0619. The maximum atomic E-state index is 13.6. The molecule has 0 saturated heterocycles. The highest BCUT2D eigenvalue weighted by Crippen LogP contribution is 2.58. The molecule has 2 aliphatic rings. The molecule has 0 bridgehead atoms. The predicted octanol–water partition coefficient (Wildman–Crippen LogP) is 4.86. The first-order valence-electron chi connectivity index (χ1n) is 11.2. The van der Waals surface area contributed by atoms with E-state index in [0.717, 1.165) is 24.0 Å². The van der Waals surface area contributed by atoms with Gasteiger partial charge in [0.1, 0.15) is 17.2 Å². The van der Waals surface area contributed by atoms with Gasteiger partial charge in [-0.25, -0.2) is 0 Å². The van der Waals surface area contributed by atoms with E-state index in [-0.39, 0.29) is 11.5 Å². The predicted molar refractivity (Wildman–Crippen MR) is 126 cm³/mol. The number of carbonyl (C=O) groups is 2. The molecule has 2 aliphatic carbocycles. The molecule has 6 nitrogen and oxygen atoms in total. The summed E-state index contributed by atoms with van der Waals surface area (Å²) in [5.41, 5.74) is 3.28. The number of phenolic OH excluding ortho intramolecular Hbond substituents is 2. The van der Waals surface area contributed by atoms with Crippen LogP contribution in [0.3, 0.4) is 0 Å². The van der Waals surface area contributed by atoms with E-state index in [1.165, 1.54) is 24.3 Å². The van der Waals surface area contributed by atoms with Crippen LogP contribution in [0.25, 0.3) is 6.08 Å². The summed E-state index contributed by atoms with van der Waals surface area (Å²) in [6.07, 6.45) is 5.80. The summed E-state index contributed by atoms with van der Waals surface area (Å²) in [6.45, 7) is 0. The first kappa shape index (κ1) is 21.8. The summed E-state index contributed by atoms with van der Waals surface area (Å²) in [6, 6.07) is 18.2. The van der Waals surface area contributed by atoms with Gasteiger partial charge in [-0.2, -0.15) is 0 Å². The van der Waals surface area contributed by atoms with E-state index in [1.54, 1.807) is 30.3 Å². The number of carboxylic acid groups (broad SMARTS) is 1. The Kier molecular flexibility index (Phi) is 5.57. The Labute approximate surface area is 196 Å². The van der Waals surface area contributed by atoms with Crippen molar-refractivity contribution in [2.75, 3.05) is 0 Å². The van der Waals surface area contributed by atoms with Crippen LogP contribution in [0.4, 0.5) is 0 Å². The minimum atomic E-state index is -1.01. The molecule has 0 spiro atoms. The molecule has 1 fully saturated rings. The zero-order chi connectivity index (χ0) is 23.8. The topological polar surface area (TPSA) is 104 Å². The molecule has 0 aromatic heterocycles. The molecule has 34 heavy (non-hydrogen) atoms. The summed E-state index contributed by atoms with van der Waals surface area (Å²) < 4.78 is 5.91. The second-order valence-corrected chi connectivity index (χ2v) is 8.82. The lowest BCUT2D eigenvalue weighted by molar-refractivity contribution is -0.158. The number of fused-ring (bicyclic) bond motifs is 1. The molecular formula is C28H24O6. The number of phenols is 2. The molecule has 5 rings (SSSR count). The molecule has 3 N–H and O–H groups in total. The van der Waals surface area contributed by atoms with Gasteiger partial charge in [-0.05, 0) is 59.9 Å². The molecule has 0 amide bonds. The maximum absolute atomic E-state index is 13.6. The van der Waals surface area contributed by atoms with Crippen LogP contribution >= 0.6 is 0 Å². The summed E-state index contributed by atoms with van der Waals surface area (Å²) >= 11 is 0. The number of aryl methyl sites for hydroxylation is 1. The molecule has 6 heteroatoms. The summed E-state index contributed by atoms with van der Waals surface area (Å²) in [7, 11) is 0. The van der Waals surface area contributed by atoms with Crippen molar-refractivity contribution in [1.82, 2.24) is 0 Å². The standard InChI is InChI=1S/C28H24O6/c29-19-12-8-17(9-13-19)23-25(27(31)32)24(18-10-14-20(30)15-11-18)26(23)28(33)34-22-7-3-5-16-4-1-2-6-21(16)22/h2-3,5-15,23-26,29-30H,1,4H2,(H,31,32)/t23-,24-,25-,26-/m1/s1. The van der Waals surface area contributed by atoms with Gasteiger partial charge < -0.3 is 20.1 Å². The minimum Gasteiger partial charge on any atom is -0.508 e. The Balaban J connectivity index is 1.54. The van der Waals surface area contributed by atoms with Crippen LogP contribution in [-0.4, -0.2) is 27.3 Å². The number of rotatable bonds is 5. The van der Waals surface area contributed by atoms with Crippen molar-refractivity contribution in [2.45, 2.75) is 24.7 Å². The van der Waals surface area contributed by atoms with Gasteiger partial charge >= 0.3 is 11.9 Å². The van der Waals surface area contributed by atoms with E-state index in [0.29, 0.717) is 16.9 Å². The lowest BCUT2D eigenvalue weighted by Gasteiger charge is -2.49. The largest absolute Gasteiger partial charge is 0.508 e. The number of benzene rings is 3. The Morgan fingerprint density at radius 1 is 0.794 bits per heavy atom. The molecule has 2 atom stereocenters. The zero-order valence-electron chi connectivity index (χ0n) is 18.3. The molecule has 0 radical (unpaired) electrons. The normalized spacial score (nSPS) is 22.9. The second-order valence-electron chi connectivity index (χ2n) is 8.82. The van der Waals surface area contributed by atoms with Gasteiger partial charge in [0, 0.05) is 17.4 Å². The van der Waals surface area contributed by atoms with Crippen molar-refractivity contribution in [1.29, 1.82) is 0 Å². The van der Waals surface area contributed by atoms with Gasteiger partial charge in [0.15, 0.2) is 0 Å². The van der Waals surface area contributed by atoms with E-state index in [2.05, 4.69) is 0 Å². The SMILES string of the molecule is O=C(O)[C@H]1[C@@H](c2ccc(O)cc2)[C@H](C(=O)Oc2cccc3c2C=CCC3)[C@@H]1c1ccc(O)cc1. The van der Waals surface area contributed by atoms with Crippen LogP contribution < -0.4 is 4.74 Å². The van der Waals surface area contributed by atoms with Crippen LogP contribution in [0.5, 0.6) is 17.2 Å². The molecular weight excluding hydrogens is 432 g/mol. The van der Waals surface area contributed by atoms with Crippen molar-refractivity contribution < 1.29 is 29.6 Å². The van der Waals surface area contributed by atoms with Crippen molar-refractivity contribution in [3.63, 3.8) is 0 Å². The van der Waals surface area contributed by atoms with Crippen LogP contribution in [-0.2, 0) is 16.0 Å². The highest BCUT2D eigenvalue weighted by Gasteiger charge is 2.59. The van der Waals surface area contributed by atoms with Crippen LogP contribution in [0, 0.1) is 11.8 Å². The van der Waals surface area contributed by atoms with Gasteiger partial charge in [0.2, 0.25) is 0 Å². The number of allylic oxidation sites excluding steroid dienone is 1. The maximum Gasteiger partial charge on any atom is 0.315 e. The summed E-state index contributed by atoms with van der Waals surface area (Å²) in [4.78, 5) is 26.0. The molecule has 3 aromatic rings. The average Bonchev–Trinajstić information content (AvgIpc) is 2.81. The smallest absolute Gasteiger partial charge is 0.315 e. The van der Waals surface area contributed by atoms with Crippen LogP contribution in [0.15, 0.2) is 72.8 Å². The lowest BCUT2D eigenvalue weighted by atomic mass is 9.52. The molecule has 0 heterocycles. The van der Waals surface area contributed by atoms with Gasteiger partial charge in [0.05, 0.1) is 11.8 Å². The third-order valence-corrected chi connectivity index (χ3v) is 6.89. The fourth-order valence-electron chi connectivity index (χ4n) is 5.27. The molecule has 0 aliphatic heterocycles. The van der Waals surface area contributed by atoms with E-state index in [1.807, 2.05) is 24.3 Å². The monoisotopic (exact) mass is 456 g/mol. The Morgan fingerprint density at radius 2 is 1.38 bits per heavy atom. The van der Waals surface area contributed by atoms with E-state index >= 15 is 0 Å². The Morgan fingerprint density at radius 3 is 1.94 bits per heavy atom. The average molecular weight is 456 g/mol. The zero-order valence-corrected chi connectivity index (χ0v) is 18.3. The number of esters is 1. The van der Waals surface area contributed by atoms with Crippen molar-refractivity contribution in [3.8, 4) is 17.2 Å². The van der Waals surface area contributed by atoms with E-state index < -0.39 is 35.6 Å². The quantitative estimate of drug-likeness (QED) is 0.374. The van der Waals surface area contributed by atoms with Crippen molar-refractivity contribution in [3.05, 3.63) is 95.1 Å². The number of ether oxygens (including phenoxy) is 1. The molecule has 0 unspecified atom stereocenters. The fourth-order valence-corrected chi connectivity index (χ4v) is 5.27. The Hall–Kier alpha value is -4.06. The third-order valence-electron chi connectivity index (χ3n) is 6.89. The van der Waals surface area contributed by atoms with Crippen molar-refractivity contribution in [2.24, 2.45) is 11.8 Å². The Bertz CT molecular complexity index is 1210. The van der Waals surface area contributed by atoms with Crippen molar-refractivity contribution >= 4 is 18.0 Å². The molecule has 3 aromatic carbocycles. The van der Waals surface area contributed by atoms with E-state index in [9.17, 15) is 24.9 Å². The van der Waals surface area contributed by atoms with Gasteiger partial charge in [0.25, 0.3) is 0 Å². The van der Waals surface area contributed by atoms with Gasteiger partial charge in [-0.3, -0.25) is 9.59 Å². The first-order chi connectivity index (χ1) is 16.4. The highest BCUT2D eigenvalue weighted by atomic mass is 16.5. The number of aliphatic carboxylic acids is 1. The molecule has 172 valence electrons. The number of carbonyl (C=O) groups excluding carboxylic acids is 1.